The Morgan fingerprint density at radius 3 is 2.90 bits per heavy atom. The molecule has 3 N–H and O–H groups in total. The summed E-state index contributed by atoms with van der Waals surface area (Å²) in [6, 6.07) is 6.57. The normalized spacial score (nSPS) is 12.3. The highest BCUT2D eigenvalue weighted by Crippen LogP contribution is 2.29. The average molecular weight is 290 g/mol. The number of hydrogen-bond acceptors (Lipinski definition) is 6. The summed E-state index contributed by atoms with van der Waals surface area (Å²) in [6.45, 7) is 3.28. The predicted molar refractivity (Wildman–Crippen MR) is 81.4 cm³/mol. The fourth-order valence-corrected chi connectivity index (χ4v) is 2.04. The Balaban J connectivity index is 2.14. The molecule has 0 aliphatic rings. The fraction of sp³-hybridized carbons (Fsp3) is 0.357. The number of nitrogens with one attached hydrogen (secondary N) is 2. The second-order valence-corrected chi connectivity index (χ2v) is 4.75. The van der Waals surface area contributed by atoms with Crippen LogP contribution in [-0.4, -0.2) is 40.8 Å². The number of nitro benzene ring substituents is 1. The second kappa shape index (κ2) is 6.96. The summed E-state index contributed by atoms with van der Waals surface area (Å²) in [4.78, 5) is 14.8. The third-order valence-corrected chi connectivity index (χ3v) is 3.15. The van der Waals surface area contributed by atoms with Crippen LogP contribution in [0.1, 0.15) is 6.92 Å². The molecule has 1 heterocycles. The van der Waals surface area contributed by atoms with Crippen molar-refractivity contribution in [2.24, 2.45) is 0 Å². The molecule has 7 nitrogen and oxygen atoms in total. The number of benzene rings is 1. The van der Waals surface area contributed by atoms with E-state index in [1.54, 1.807) is 24.4 Å². The van der Waals surface area contributed by atoms with Crippen LogP contribution in [0.15, 0.2) is 30.5 Å². The van der Waals surface area contributed by atoms with Gasteiger partial charge in [0.05, 0.1) is 22.6 Å². The molecule has 112 valence electrons. The molecule has 7 heteroatoms. The molecule has 1 unspecified atom stereocenters. The molecule has 0 aliphatic carbocycles. The first kappa shape index (κ1) is 15.1. The number of hydrogen-bond donors (Lipinski definition) is 3. The first-order chi connectivity index (χ1) is 10.1. The summed E-state index contributed by atoms with van der Waals surface area (Å²) in [5, 5.41) is 26.8. The minimum Gasteiger partial charge on any atom is -0.395 e. The molecule has 0 aliphatic heterocycles. The van der Waals surface area contributed by atoms with E-state index in [1.807, 2.05) is 6.92 Å². The predicted octanol–water partition coefficient (Wildman–Crippen LogP) is 1.53. The number of aromatic nitrogens is 1. The number of nitro groups is 1. The van der Waals surface area contributed by atoms with Crippen molar-refractivity contribution < 1.29 is 10.0 Å². The van der Waals surface area contributed by atoms with Crippen molar-refractivity contribution in [3.63, 3.8) is 0 Å². The van der Waals surface area contributed by atoms with Gasteiger partial charge in [-0.15, -0.1) is 0 Å². The van der Waals surface area contributed by atoms with E-state index in [1.165, 1.54) is 6.07 Å². The van der Waals surface area contributed by atoms with Gasteiger partial charge in [0, 0.05) is 31.4 Å². The van der Waals surface area contributed by atoms with Gasteiger partial charge in [-0.3, -0.25) is 15.1 Å². The summed E-state index contributed by atoms with van der Waals surface area (Å²) in [7, 11) is 0. The van der Waals surface area contributed by atoms with Crippen molar-refractivity contribution >= 4 is 22.3 Å². The fourth-order valence-electron chi connectivity index (χ4n) is 2.04. The Morgan fingerprint density at radius 1 is 1.38 bits per heavy atom. The van der Waals surface area contributed by atoms with E-state index >= 15 is 0 Å². The third-order valence-electron chi connectivity index (χ3n) is 3.15. The van der Waals surface area contributed by atoms with Crippen LogP contribution in [0.3, 0.4) is 0 Å². The average Bonchev–Trinajstić information content (AvgIpc) is 2.50. The molecule has 0 bridgehead atoms. The Hall–Kier alpha value is -2.25. The third kappa shape index (κ3) is 3.65. The SMILES string of the molecule is CC(CO)NCCNc1ccc([N+](=O)[O-])c2cccnc12. The Morgan fingerprint density at radius 2 is 2.19 bits per heavy atom. The second-order valence-electron chi connectivity index (χ2n) is 4.75. The molecule has 0 radical (unpaired) electrons. The van der Waals surface area contributed by atoms with E-state index in [9.17, 15) is 10.1 Å². The van der Waals surface area contributed by atoms with Gasteiger partial charge in [-0.25, -0.2) is 0 Å². The van der Waals surface area contributed by atoms with Crippen molar-refractivity contribution in [3.05, 3.63) is 40.6 Å². The zero-order chi connectivity index (χ0) is 15.2. The number of non-ortho nitro benzene ring substituents is 1. The summed E-state index contributed by atoms with van der Waals surface area (Å²) in [5.74, 6) is 0. The van der Waals surface area contributed by atoms with E-state index in [0.29, 0.717) is 24.0 Å². The molecule has 21 heavy (non-hydrogen) atoms. The van der Waals surface area contributed by atoms with Crippen LogP contribution in [0, 0.1) is 10.1 Å². The lowest BCUT2D eigenvalue weighted by Gasteiger charge is -2.12. The van der Waals surface area contributed by atoms with Crippen LogP contribution >= 0.6 is 0 Å². The molecule has 2 rings (SSSR count). The zero-order valence-electron chi connectivity index (χ0n) is 11.7. The van der Waals surface area contributed by atoms with Crippen LogP contribution in [0.25, 0.3) is 10.9 Å². The number of aliphatic hydroxyl groups is 1. The highest BCUT2D eigenvalue weighted by Gasteiger charge is 2.14. The molecule has 0 fully saturated rings. The molecule has 0 spiro atoms. The summed E-state index contributed by atoms with van der Waals surface area (Å²) in [5.41, 5.74) is 1.40. The smallest absolute Gasteiger partial charge is 0.278 e. The summed E-state index contributed by atoms with van der Waals surface area (Å²) >= 11 is 0. The van der Waals surface area contributed by atoms with Gasteiger partial charge in [-0.1, -0.05) is 0 Å². The van der Waals surface area contributed by atoms with E-state index < -0.39 is 4.92 Å². The van der Waals surface area contributed by atoms with Crippen molar-refractivity contribution in [1.82, 2.24) is 10.3 Å². The summed E-state index contributed by atoms with van der Waals surface area (Å²) in [6.07, 6.45) is 1.61. The Bertz CT molecular complexity index is 633. The van der Waals surface area contributed by atoms with Crippen molar-refractivity contribution in [1.29, 1.82) is 0 Å². The van der Waals surface area contributed by atoms with Gasteiger partial charge in [0.25, 0.3) is 5.69 Å². The number of rotatable bonds is 7. The topological polar surface area (TPSA) is 100 Å². The van der Waals surface area contributed by atoms with E-state index in [0.717, 1.165) is 5.69 Å². The number of aliphatic hydroxyl groups excluding tert-OH is 1. The highest BCUT2D eigenvalue weighted by atomic mass is 16.6. The molecule has 0 amide bonds. The minimum absolute atomic E-state index is 0.0403. The summed E-state index contributed by atoms with van der Waals surface area (Å²) < 4.78 is 0. The standard InChI is InChI=1S/C14H18N4O3/c1-10(9-19)15-7-8-16-12-4-5-13(18(20)21)11-3-2-6-17-14(11)12/h2-6,10,15-16,19H,7-9H2,1H3. The Kier molecular flexibility index (Phi) is 5.02. The van der Waals surface area contributed by atoms with Gasteiger partial charge < -0.3 is 15.7 Å². The van der Waals surface area contributed by atoms with E-state index in [4.69, 9.17) is 5.11 Å². The van der Waals surface area contributed by atoms with Gasteiger partial charge in [0.15, 0.2) is 0 Å². The van der Waals surface area contributed by atoms with E-state index in [2.05, 4.69) is 15.6 Å². The van der Waals surface area contributed by atoms with Gasteiger partial charge in [0.2, 0.25) is 0 Å². The van der Waals surface area contributed by atoms with Crippen LogP contribution in [0.5, 0.6) is 0 Å². The molecule has 1 aromatic heterocycles. The van der Waals surface area contributed by atoms with Gasteiger partial charge in [0.1, 0.15) is 5.52 Å². The number of anilines is 1. The quantitative estimate of drug-likeness (QED) is 0.406. The minimum atomic E-state index is -0.404. The maximum Gasteiger partial charge on any atom is 0.278 e. The maximum atomic E-state index is 11.0. The van der Waals surface area contributed by atoms with Crippen LogP contribution in [0.2, 0.25) is 0 Å². The molecule has 0 saturated carbocycles. The largest absolute Gasteiger partial charge is 0.395 e. The van der Waals surface area contributed by atoms with Crippen molar-refractivity contribution in [2.45, 2.75) is 13.0 Å². The monoisotopic (exact) mass is 290 g/mol. The highest BCUT2D eigenvalue weighted by molar-refractivity contribution is 5.96. The number of fused-ring (bicyclic) bond motifs is 1. The number of nitrogens with zero attached hydrogens (tertiary/aromatic N) is 2. The first-order valence-corrected chi connectivity index (χ1v) is 6.73. The van der Waals surface area contributed by atoms with Crippen LogP contribution in [0.4, 0.5) is 11.4 Å². The lowest BCUT2D eigenvalue weighted by molar-refractivity contribution is -0.383. The first-order valence-electron chi connectivity index (χ1n) is 6.73. The molecule has 2 aromatic rings. The lowest BCUT2D eigenvalue weighted by atomic mass is 10.1. The van der Waals surface area contributed by atoms with Gasteiger partial charge >= 0.3 is 0 Å². The molecular formula is C14H18N4O3. The molecule has 1 aromatic carbocycles. The maximum absolute atomic E-state index is 11.0. The lowest BCUT2D eigenvalue weighted by Crippen LogP contribution is -2.33. The van der Waals surface area contributed by atoms with E-state index in [-0.39, 0.29) is 18.3 Å². The molecular weight excluding hydrogens is 272 g/mol. The van der Waals surface area contributed by atoms with Gasteiger partial charge in [-0.05, 0) is 25.1 Å². The van der Waals surface area contributed by atoms with Gasteiger partial charge in [-0.2, -0.15) is 0 Å². The number of pyridine rings is 1. The molecule has 1 atom stereocenters. The molecule has 0 saturated heterocycles. The zero-order valence-corrected chi connectivity index (χ0v) is 11.7. The van der Waals surface area contributed by atoms with Crippen molar-refractivity contribution in [2.75, 3.05) is 25.0 Å². The Labute approximate surface area is 122 Å². The van der Waals surface area contributed by atoms with Crippen LogP contribution in [-0.2, 0) is 0 Å². The van der Waals surface area contributed by atoms with Crippen molar-refractivity contribution in [3.8, 4) is 0 Å². The van der Waals surface area contributed by atoms with Crippen LogP contribution < -0.4 is 10.6 Å².